The van der Waals surface area contributed by atoms with Crippen molar-refractivity contribution in [3.05, 3.63) is 60.8 Å². The molecule has 3 N–H and O–H groups in total. The van der Waals surface area contributed by atoms with Gasteiger partial charge in [0.15, 0.2) is 5.65 Å². The van der Waals surface area contributed by atoms with Crippen LogP contribution in [0.25, 0.3) is 16.7 Å². The Morgan fingerprint density at radius 3 is 2.69 bits per heavy atom. The molecule has 2 heterocycles. The smallest absolute Gasteiger partial charge is 0.226 e. The Morgan fingerprint density at radius 2 is 1.93 bits per heavy atom. The maximum atomic E-state index is 9.62. The molecule has 0 spiro atoms. The first kappa shape index (κ1) is 18.7. The first-order valence-electron chi connectivity index (χ1n) is 9.28. The zero-order valence-electron chi connectivity index (χ0n) is 16.2. The molecule has 148 valence electrons. The summed E-state index contributed by atoms with van der Waals surface area (Å²) in [6.07, 6.45) is 1.21. The fraction of sp³-hybridized carbons (Fsp3) is 0.190. The molecule has 4 aromatic rings. The van der Waals surface area contributed by atoms with Crippen molar-refractivity contribution in [1.82, 2.24) is 19.7 Å². The van der Waals surface area contributed by atoms with Gasteiger partial charge in [-0.2, -0.15) is 15.1 Å². The average Bonchev–Trinajstić information content (AvgIpc) is 3.17. The number of aromatic nitrogens is 4. The van der Waals surface area contributed by atoms with Crippen LogP contribution in [-0.2, 0) is 0 Å². The van der Waals surface area contributed by atoms with E-state index in [4.69, 9.17) is 4.74 Å². The highest BCUT2D eigenvalue weighted by molar-refractivity contribution is 5.90. The van der Waals surface area contributed by atoms with Gasteiger partial charge in [-0.05, 0) is 31.2 Å². The van der Waals surface area contributed by atoms with Gasteiger partial charge in [-0.25, -0.2) is 4.68 Å². The summed E-state index contributed by atoms with van der Waals surface area (Å²) < 4.78 is 7.07. The second-order valence-electron chi connectivity index (χ2n) is 6.61. The van der Waals surface area contributed by atoms with E-state index in [0.29, 0.717) is 24.0 Å². The number of aliphatic hydroxyl groups excluding tert-OH is 1. The van der Waals surface area contributed by atoms with Gasteiger partial charge in [0.05, 0.1) is 30.5 Å². The van der Waals surface area contributed by atoms with Gasteiger partial charge in [0.25, 0.3) is 0 Å². The summed E-state index contributed by atoms with van der Waals surface area (Å²) in [6.45, 7) is 2.04. The lowest BCUT2D eigenvalue weighted by Crippen LogP contribution is -2.17. The van der Waals surface area contributed by atoms with E-state index in [2.05, 4.69) is 25.7 Å². The minimum Gasteiger partial charge on any atom is -0.497 e. The summed E-state index contributed by atoms with van der Waals surface area (Å²) in [4.78, 5) is 9.21. The molecule has 2 aromatic carbocycles. The number of nitrogens with zero attached hydrogens (tertiary/aromatic N) is 4. The zero-order valence-corrected chi connectivity index (χ0v) is 16.2. The summed E-state index contributed by atoms with van der Waals surface area (Å²) in [6, 6.07) is 17.4. The van der Waals surface area contributed by atoms with Gasteiger partial charge in [0, 0.05) is 18.3 Å². The van der Waals surface area contributed by atoms with Crippen LogP contribution in [-0.4, -0.2) is 44.6 Å². The molecule has 0 amide bonds. The molecule has 0 aliphatic rings. The first-order valence-corrected chi connectivity index (χ1v) is 9.28. The Morgan fingerprint density at radius 1 is 1.10 bits per heavy atom. The van der Waals surface area contributed by atoms with Crippen LogP contribution in [0.2, 0.25) is 0 Å². The van der Waals surface area contributed by atoms with Crippen molar-refractivity contribution in [2.45, 2.75) is 13.0 Å². The molecule has 0 aliphatic heterocycles. The van der Waals surface area contributed by atoms with Crippen molar-refractivity contribution >= 4 is 28.5 Å². The molecule has 4 rings (SSSR count). The van der Waals surface area contributed by atoms with Crippen LogP contribution >= 0.6 is 0 Å². The number of nitrogens with one attached hydrogen (secondary N) is 2. The van der Waals surface area contributed by atoms with Gasteiger partial charge < -0.3 is 20.5 Å². The molecule has 0 aliphatic carbocycles. The van der Waals surface area contributed by atoms with Gasteiger partial charge >= 0.3 is 0 Å². The van der Waals surface area contributed by atoms with Crippen molar-refractivity contribution in [3.8, 4) is 11.4 Å². The monoisotopic (exact) mass is 390 g/mol. The molecular weight excluding hydrogens is 368 g/mol. The summed E-state index contributed by atoms with van der Waals surface area (Å²) >= 11 is 0. The minimum atomic E-state index is -0.525. The van der Waals surface area contributed by atoms with E-state index in [1.807, 2.05) is 54.6 Å². The highest BCUT2D eigenvalue weighted by Gasteiger charge is 2.15. The SMILES string of the molecule is COc1cccc(Nc2nc(NCC(C)O)nc3c2cnn3-c2ccccc2)c1. The number of ether oxygens (including phenoxy) is 1. The lowest BCUT2D eigenvalue weighted by atomic mass is 10.3. The maximum Gasteiger partial charge on any atom is 0.226 e. The van der Waals surface area contributed by atoms with Crippen molar-refractivity contribution in [2.24, 2.45) is 0 Å². The van der Waals surface area contributed by atoms with Crippen LogP contribution in [0.1, 0.15) is 6.92 Å². The van der Waals surface area contributed by atoms with E-state index in [9.17, 15) is 5.11 Å². The highest BCUT2D eigenvalue weighted by Crippen LogP contribution is 2.28. The van der Waals surface area contributed by atoms with E-state index >= 15 is 0 Å². The number of para-hydroxylation sites is 1. The highest BCUT2D eigenvalue weighted by atomic mass is 16.5. The Kier molecular flexibility index (Phi) is 5.26. The number of hydrogen-bond donors (Lipinski definition) is 3. The van der Waals surface area contributed by atoms with Crippen LogP contribution < -0.4 is 15.4 Å². The van der Waals surface area contributed by atoms with Gasteiger partial charge in [-0.1, -0.05) is 24.3 Å². The Hall–Kier alpha value is -3.65. The van der Waals surface area contributed by atoms with Crippen LogP contribution in [0.3, 0.4) is 0 Å². The molecule has 8 nitrogen and oxygen atoms in total. The molecular formula is C21H22N6O2. The number of hydrogen-bond acceptors (Lipinski definition) is 7. The second kappa shape index (κ2) is 8.15. The maximum absolute atomic E-state index is 9.62. The molecule has 0 radical (unpaired) electrons. The fourth-order valence-electron chi connectivity index (χ4n) is 2.92. The zero-order chi connectivity index (χ0) is 20.2. The minimum absolute atomic E-state index is 0.337. The number of rotatable bonds is 7. The van der Waals surface area contributed by atoms with E-state index in [1.165, 1.54) is 0 Å². The summed E-state index contributed by atoms with van der Waals surface area (Å²) in [5.74, 6) is 1.76. The molecule has 29 heavy (non-hydrogen) atoms. The summed E-state index contributed by atoms with van der Waals surface area (Å²) in [7, 11) is 1.63. The van der Waals surface area contributed by atoms with Crippen molar-refractivity contribution in [1.29, 1.82) is 0 Å². The second-order valence-corrected chi connectivity index (χ2v) is 6.61. The number of benzene rings is 2. The largest absolute Gasteiger partial charge is 0.497 e. The predicted octanol–water partition coefficient (Wildman–Crippen LogP) is 3.36. The topological polar surface area (TPSA) is 97.1 Å². The third-order valence-electron chi connectivity index (χ3n) is 4.32. The van der Waals surface area contributed by atoms with Crippen molar-refractivity contribution in [2.75, 3.05) is 24.3 Å². The van der Waals surface area contributed by atoms with E-state index < -0.39 is 6.10 Å². The average molecular weight is 390 g/mol. The molecule has 0 fully saturated rings. The van der Waals surface area contributed by atoms with Gasteiger partial charge in [-0.15, -0.1) is 0 Å². The number of methoxy groups -OCH3 is 1. The lowest BCUT2D eigenvalue weighted by molar-refractivity contribution is 0.208. The molecule has 1 atom stereocenters. The molecule has 1 unspecified atom stereocenters. The Labute approximate surface area is 168 Å². The third-order valence-corrected chi connectivity index (χ3v) is 4.32. The van der Waals surface area contributed by atoms with Gasteiger partial charge in [0.1, 0.15) is 11.6 Å². The molecule has 0 saturated carbocycles. The number of fused-ring (bicyclic) bond motifs is 1. The van der Waals surface area contributed by atoms with E-state index in [-0.39, 0.29) is 0 Å². The van der Waals surface area contributed by atoms with E-state index in [0.717, 1.165) is 22.5 Å². The van der Waals surface area contributed by atoms with Gasteiger partial charge in [-0.3, -0.25) is 0 Å². The van der Waals surface area contributed by atoms with Gasteiger partial charge in [0.2, 0.25) is 5.95 Å². The molecule has 2 aromatic heterocycles. The Balaban J connectivity index is 1.80. The standard InChI is InChI=1S/C21H22N6O2/c1-14(28)12-22-21-25-19(24-15-7-6-10-17(11-15)29-2)18-13-23-27(20(18)26-21)16-8-4-3-5-9-16/h3-11,13-14,28H,12H2,1-2H3,(H2,22,24,25,26). The Bertz CT molecular complexity index is 1110. The van der Waals surface area contributed by atoms with Crippen LogP contribution in [0.15, 0.2) is 60.8 Å². The van der Waals surface area contributed by atoms with Crippen molar-refractivity contribution in [3.63, 3.8) is 0 Å². The normalized spacial score (nSPS) is 12.0. The van der Waals surface area contributed by atoms with Crippen LogP contribution in [0, 0.1) is 0 Å². The van der Waals surface area contributed by atoms with E-state index in [1.54, 1.807) is 24.9 Å². The third kappa shape index (κ3) is 4.12. The molecule has 0 saturated heterocycles. The van der Waals surface area contributed by atoms with Crippen molar-refractivity contribution < 1.29 is 9.84 Å². The van der Waals surface area contributed by atoms with Crippen LogP contribution in [0.4, 0.5) is 17.5 Å². The lowest BCUT2D eigenvalue weighted by Gasteiger charge is -2.12. The molecule has 8 heteroatoms. The first-order chi connectivity index (χ1) is 14.1. The fourth-order valence-corrected chi connectivity index (χ4v) is 2.92. The number of anilines is 3. The van der Waals surface area contributed by atoms with Crippen LogP contribution in [0.5, 0.6) is 5.75 Å². The number of aliphatic hydroxyl groups is 1. The molecule has 0 bridgehead atoms. The summed E-state index contributed by atoms with van der Waals surface area (Å²) in [5.41, 5.74) is 2.39. The quantitative estimate of drug-likeness (QED) is 0.445. The summed E-state index contributed by atoms with van der Waals surface area (Å²) in [5, 5.41) is 21.3. The predicted molar refractivity (Wildman–Crippen MR) is 113 cm³/mol.